The lowest BCUT2D eigenvalue weighted by atomic mass is 9.95. The van der Waals surface area contributed by atoms with E-state index in [9.17, 15) is 14.7 Å². The first-order valence-electron chi connectivity index (χ1n) is 7.31. The maximum atomic E-state index is 12.1. The molecule has 1 aliphatic carbocycles. The topological polar surface area (TPSA) is 78.4 Å². The molecular weight excluding hydrogens is 244 g/mol. The van der Waals surface area contributed by atoms with Crippen LogP contribution in [0.25, 0.3) is 0 Å². The summed E-state index contributed by atoms with van der Waals surface area (Å²) in [5.74, 6) is -1.39. The Balaban J connectivity index is 2.39. The minimum Gasteiger partial charge on any atom is -0.481 e. The number of carbonyl (C=O) groups is 2. The molecule has 0 aromatic carbocycles. The molecule has 0 spiro atoms. The van der Waals surface area contributed by atoms with Gasteiger partial charge in [-0.1, -0.05) is 20.3 Å². The molecule has 3 atom stereocenters. The fourth-order valence-corrected chi connectivity index (χ4v) is 2.77. The zero-order chi connectivity index (χ0) is 14.3. The van der Waals surface area contributed by atoms with Crippen molar-refractivity contribution in [2.45, 2.75) is 39.5 Å². The first kappa shape index (κ1) is 16.0. The third-order valence-electron chi connectivity index (χ3n) is 3.97. The van der Waals surface area contributed by atoms with Crippen molar-refractivity contribution < 1.29 is 14.7 Å². The molecule has 0 aromatic heterocycles. The van der Waals surface area contributed by atoms with Crippen LogP contribution in [-0.4, -0.2) is 36.6 Å². The zero-order valence-electron chi connectivity index (χ0n) is 11.9. The maximum absolute atomic E-state index is 12.1. The van der Waals surface area contributed by atoms with Crippen LogP contribution in [0.1, 0.15) is 39.5 Å². The second-order valence-corrected chi connectivity index (χ2v) is 5.30. The molecule has 0 aromatic rings. The predicted octanol–water partition coefficient (Wildman–Crippen LogP) is 1.24. The number of carbonyl (C=O) groups excluding carboxylic acids is 1. The molecule has 0 radical (unpaired) electrons. The summed E-state index contributed by atoms with van der Waals surface area (Å²) in [4.78, 5) is 23.3. The van der Waals surface area contributed by atoms with Crippen LogP contribution in [0.2, 0.25) is 0 Å². The van der Waals surface area contributed by atoms with Crippen LogP contribution in [-0.2, 0) is 9.59 Å². The van der Waals surface area contributed by atoms with Crippen molar-refractivity contribution >= 4 is 11.9 Å². The van der Waals surface area contributed by atoms with Crippen LogP contribution >= 0.6 is 0 Å². The molecule has 5 nitrogen and oxygen atoms in total. The molecule has 1 saturated carbocycles. The second kappa shape index (κ2) is 8.15. The predicted molar refractivity (Wildman–Crippen MR) is 73.8 cm³/mol. The molecule has 1 amide bonds. The van der Waals surface area contributed by atoms with Crippen LogP contribution < -0.4 is 10.6 Å². The Morgan fingerprint density at radius 3 is 2.42 bits per heavy atom. The van der Waals surface area contributed by atoms with Gasteiger partial charge in [-0.2, -0.15) is 0 Å². The highest BCUT2D eigenvalue weighted by Gasteiger charge is 2.41. The van der Waals surface area contributed by atoms with Crippen LogP contribution in [0, 0.1) is 17.8 Å². The van der Waals surface area contributed by atoms with Gasteiger partial charge < -0.3 is 15.7 Å². The Bertz CT molecular complexity index is 307. The Hall–Kier alpha value is -1.10. The van der Waals surface area contributed by atoms with Gasteiger partial charge in [0.1, 0.15) is 0 Å². The highest BCUT2D eigenvalue weighted by Crippen LogP contribution is 2.38. The maximum Gasteiger partial charge on any atom is 0.307 e. The fraction of sp³-hybridized carbons (Fsp3) is 0.857. The highest BCUT2D eigenvalue weighted by molar-refractivity contribution is 5.85. The van der Waals surface area contributed by atoms with Gasteiger partial charge in [-0.15, -0.1) is 0 Å². The van der Waals surface area contributed by atoms with Gasteiger partial charge in [0.15, 0.2) is 0 Å². The Kier molecular flexibility index (Phi) is 6.84. The van der Waals surface area contributed by atoms with Crippen LogP contribution in [0.15, 0.2) is 0 Å². The van der Waals surface area contributed by atoms with E-state index in [2.05, 4.69) is 17.6 Å². The average molecular weight is 270 g/mol. The largest absolute Gasteiger partial charge is 0.481 e. The smallest absolute Gasteiger partial charge is 0.307 e. The lowest BCUT2D eigenvalue weighted by molar-refractivity contribution is -0.146. The van der Waals surface area contributed by atoms with Crippen LogP contribution in [0.4, 0.5) is 0 Å². The quantitative estimate of drug-likeness (QED) is 0.580. The second-order valence-electron chi connectivity index (χ2n) is 5.30. The van der Waals surface area contributed by atoms with E-state index in [4.69, 9.17) is 0 Å². The van der Waals surface area contributed by atoms with E-state index in [1.54, 1.807) is 0 Å². The van der Waals surface area contributed by atoms with Gasteiger partial charge in [-0.3, -0.25) is 9.59 Å². The lowest BCUT2D eigenvalue weighted by Gasteiger charge is -2.15. The number of hydrogen-bond donors (Lipinski definition) is 3. The van der Waals surface area contributed by atoms with Crippen molar-refractivity contribution in [2.24, 2.45) is 17.8 Å². The monoisotopic (exact) mass is 270 g/mol. The fourth-order valence-electron chi connectivity index (χ4n) is 2.77. The molecule has 0 heterocycles. The Morgan fingerprint density at radius 1 is 1.16 bits per heavy atom. The van der Waals surface area contributed by atoms with Gasteiger partial charge in [0.05, 0.1) is 11.8 Å². The molecule has 0 aliphatic heterocycles. The Morgan fingerprint density at radius 2 is 1.84 bits per heavy atom. The molecule has 0 saturated heterocycles. The summed E-state index contributed by atoms with van der Waals surface area (Å²) in [7, 11) is 0. The van der Waals surface area contributed by atoms with Crippen molar-refractivity contribution in [3.05, 3.63) is 0 Å². The zero-order valence-corrected chi connectivity index (χ0v) is 11.9. The minimum absolute atomic E-state index is 0.0835. The van der Waals surface area contributed by atoms with E-state index >= 15 is 0 Å². The van der Waals surface area contributed by atoms with E-state index in [-0.39, 0.29) is 11.8 Å². The van der Waals surface area contributed by atoms with E-state index < -0.39 is 11.9 Å². The van der Waals surface area contributed by atoms with Crippen molar-refractivity contribution in [3.8, 4) is 0 Å². The standard InChI is InChI=1S/C14H26N2O3/c1-3-10-8-11(12(9-10)14(18)19)13(17)16-7-5-6-15-4-2/h10-12,15H,3-9H2,1-2H3,(H,16,17)(H,18,19). The Labute approximate surface area is 115 Å². The third-order valence-corrected chi connectivity index (χ3v) is 3.97. The number of nitrogens with one attached hydrogen (secondary N) is 2. The number of rotatable bonds is 8. The van der Waals surface area contributed by atoms with Crippen molar-refractivity contribution in [3.63, 3.8) is 0 Å². The van der Waals surface area contributed by atoms with Gasteiger partial charge in [-0.05, 0) is 38.3 Å². The molecule has 3 unspecified atom stereocenters. The number of amides is 1. The van der Waals surface area contributed by atoms with E-state index in [0.29, 0.717) is 25.3 Å². The van der Waals surface area contributed by atoms with E-state index in [1.165, 1.54) is 0 Å². The van der Waals surface area contributed by atoms with Crippen LogP contribution in [0.5, 0.6) is 0 Å². The first-order valence-corrected chi connectivity index (χ1v) is 7.31. The third kappa shape index (κ3) is 4.82. The van der Waals surface area contributed by atoms with Crippen LogP contribution in [0.3, 0.4) is 0 Å². The van der Waals surface area contributed by atoms with Gasteiger partial charge >= 0.3 is 5.97 Å². The van der Waals surface area contributed by atoms with E-state index in [0.717, 1.165) is 25.9 Å². The number of aliphatic carboxylic acids is 1. The normalized spacial score (nSPS) is 26.3. The molecule has 3 N–H and O–H groups in total. The minimum atomic E-state index is -0.830. The van der Waals surface area contributed by atoms with Crippen molar-refractivity contribution in [1.29, 1.82) is 0 Å². The summed E-state index contributed by atoms with van der Waals surface area (Å²) in [5.41, 5.74) is 0. The molecule has 1 rings (SSSR count). The van der Waals surface area contributed by atoms with Crippen molar-refractivity contribution in [1.82, 2.24) is 10.6 Å². The summed E-state index contributed by atoms with van der Waals surface area (Å²) in [6, 6.07) is 0. The molecule has 0 bridgehead atoms. The molecule has 1 fully saturated rings. The summed E-state index contributed by atoms with van der Waals surface area (Å²) < 4.78 is 0. The highest BCUT2D eigenvalue weighted by atomic mass is 16.4. The summed E-state index contributed by atoms with van der Waals surface area (Å²) in [6.07, 6.45) is 3.18. The molecule has 19 heavy (non-hydrogen) atoms. The molecule has 5 heteroatoms. The van der Waals surface area contributed by atoms with Gasteiger partial charge in [0.25, 0.3) is 0 Å². The van der Waals surface area contributed by atoms with Gasteiger partial charge in [-0.25, -0.2) is 0 Å². The summed E-state index contributed by atoms with van der Waals surface area (Å²) in [6.45, 7) is 6.52. The number of carboxylic acid groups (broad SMARTS) is 1. The average Bonchev–Trinajstić information content (AvgIpc) is 2.82. The van der Waals surface area contributed by atoms with Gasteiger partial charge in [0, 0.05) is 6.54 Å². The summed E-state index contributed by atoms with van der Waals surface area (Å²) >= 11 is 0. The molecule has 1 aliphatic rings. The number of hydrogen-bond acceptors (Lipinski definition) is 3. The van der Waals surface area contributed by atoms with E-state index in [1.807, 2.05) is 6.92 Å². The molecule has 110 valence electrons. The first-order chi connectivity index (χ1) is 9.10. The SMILES string of the molecule is CCNCCCNC(=O)C1CC(CC)CC1C(=O)O. The lowest BCUT2D eigenvalue weighted by Crippen LogP contribution is -2.36. The molecular formula is C14H26N2O3. The van der Waals surface area contributed by atoms with Crippen molar-refractivity contribution in [2.75, 3.05) is 19.6 Å². The van der Waals surface area contributed by atoms with Gasteiger partial charge in [0.2, 0.25) is 5.91 Å². The summed E-state index contributed by atoms with van der Waals surface area (Å²) in [5, 5.41) is 15.3. The number of carboxylic acids is 1.